The highest BCUT2D eigenvalue weighted by atomic mass is 35.5. The van der Waals surface area contributed by atoms with Crippen molar-refractivity contribution in [1.29, 1.82) is 0 Å². The summed E-state index contributed by atoms with van der Waals surface area (Å²) < 4.78 is 13.1. The van der Waals surface area contributed by atoms with Crippen LogP contribution in [0.15, 0.2) is 36.4 Å². The molecule has 0 fully saturated rings. The molecule has 0 heterocycles. The number of carbonyl (C=O) groups excluding carboxylic acids is 1. The summed E-state index contributed by atoms with van der Waals surface area (Å²) in [4.78, 5) is 12.0. The first-order chi connectivity index (χ1) is 8.97. The molecule has 0 spiro atoms. The fourth-order valence-corrected chi connectivity index (χ4v) is 1.91. The van der Waals surface area contributed by atoms with Gasteiger partial charge in [0, 0.05) is 11.8 Å². The van der Waals surface area contributed by atoms with Crippen LogP contribution in [-0.2, 0) is 0 Å². The number of amides is 1. The van der Waals surface area contributed by atoms with Crippen molar-refractivity contribution in [2.45, 2.75) is 6.92 Å². The number of hydrogen-bond donors (Lipinski definition) is 2. The molecule has 2 aromatic rings. The van der Waals surface area contributed by atoms with E-state index >= 15 is 0 Å². The molecule has 2 aromatic carbocycles. The molecule has 5 heteroatoms. The average Bonchev–Trinajstić information content (AvgIpc) is 2.33. The van der Waals surface area contributed by atoms with E-state index in [9.17, 15) is 9.18 Å². The van der Waals surface area contributed by atoms with Gasteiger partial charge in [0.1, 0.15) is 0 Å². The van der Waals surface area contributed by atoms with Crippen molar-refractivity contribution < 1.29 is 14.3 Å². The molecule has 98 valence electrons. The molecular weight excluding hydrogens is 269 g/mol. The van der Waals surface area contributed by atoms with Crippen molar-refractivity contribution in [2.75, 3.05) is 5.32 Å². The third kappa shape index (κ3) is 3.03. The van der Waals surface area contributed by atoms with E-state index in [0.29, 0.717) is 10.6 Å². The van der Waals surface area contributed by atoms with Crippen LogP contribution >= 0.6 is 11.6 Å². The molecule has 0 saturated carbocycles. The second-order valence-electron chi connectivity index (χ2n) is 4.10. The number of phenols is 1. The van der Waals surface area contributed by atoms with Crippen LogP contribution in [0.4, 0.5) is 10.1 Å². The first-order valence-electron chi connectivity index (χ1n) is 5.53. The molecule has 0 atom stereocenters. The van der Waals surface area contributed by atoms with Crippen LogP contribution < -0.4 is 5.32 Å². The Morgan fingerprint density at radius 3 is 2.63 bits per heavy atom. The van der Waals surface area contributed by atoms with Crippen molar-refractivity contribution in [1.82, 2.24) is 0 Å². The molecule has 0 aliphatic heterocycles. The van der Waals surface area contributed by atoms with Gasteiger partial charge in [0.2, 0.25) is 0 Å². The van der Waals surface area contributed by atoms with Crippen molar-refractivity contribution in [3.8, 4) is 5.75 Å². The summed E-state index contributed by atoms with van der Waals surface area (Å²) in [5.41, 5.74) is 1.50. The van der Waals surface area contributed by atoms with E-state index in [1.54, 1.807) is 18.2 Å². The highest BCUT2D eigenvalue weighted by Gasteiger charge is 2.11. The van der Waals surface area contributed by atoms with E-state index < -0.39 is 17.5 Å². The van der Waals surface area contributed by atoms with Gasteiger partial charge in [-0.2, -0.15) is 0 Å². The minimum absolute atomic E-state index is 0.247. The van der Waals surface area contributed by atoms with Crippen LogP contribution in [0.3, 0.4) is 0 Å². The van der Waals surface area contributed by atoms with Gasteiger partial charge >= 0.3 is 0 Å². The fraction of sp³-hybridized carbons (Fsp3) is 0.0714. The summed E-state index contributed by atoms with van der Waals surface area (Å²) in [7, 11) is 0. The molecule has 0 aromatic heterocycles. The summed E-state index contributed by atoms with van der Waals surface area (Å²) in [6.07, 6.45) is 0. The second kappa shape index (κ2) is 5.28. The molecule has 0 radical (unpaired) electrons. The highest BCUT2D eigenvalue weighted by Crippen LogP contribution is 2.22. The molecule has 2 rings (SSSR count). The molecule has 1 amide bonds. The summed E-state index contributed by atoms with van der Waals surface area (Å²) in [5.74, 6) is -1.70. The largest absolute Gasteiger partial charge is 0.505 e. The molecule has 19 heavy (non-hydrogen) atoms. The molecule has 0 aliphatic carbocycles. The Labute approximate surface area is 114 Å². The smallest absolute Gasteiger partial charge is 0.257 e. The van der Waals surface area contributed by atoms with E-state index in [0.717, 1.165) is 11.6 Å². The van der Waals surface area contributed by atoms with Crippen LogP contribution in [0.25, 0.3) is 0 Å². The zero-order valence-corrected chi connectivity index (χ0v) is 10.8. The number of hydrogen-bond acceptors (Lipinski definition) is 2. The van der Waals surface area contributed by atoms with Crippen LogP contribution in [0.2, 0.25) is 5.02 Å². The monoisotopic (exact) mass is 279 g/mol. The number of aryl methyl sites for hydroxylation is 1. The van der Waals surface area contributed by atoms with Gasteiger partial charge in [0.15, 0.2) is 11.6 Å². The van der Waals surface area contributed by atoms with Crippen molar-refractivity contribution >= 4 is 23.2 Å². The lowest BCUT2D eigenvalue weighted by atomic mass is 10.1. The highest BCUT2D eigenvalue weighted by molar-refractivity contribution is 6.34. The Kier molecular flexibility index (Phi) is 3.71. The van der Waals surface area contributed by atoms with Gasteiger partial charge in [-0.15, -0.1) is 0 Å². The number of benzene rings is 2. The topological polar surface area (TPSA) is 49.3 Å². The van der Waals surface area contributed by atoms with E-state index in [-0.39, 0.29) is 5.69 Å². The van der Waals surface area contributed by atoms with Gasteiger partial charge in [-0.1, -0.05) is 17.7 Å². The Morgan fingerprint density at radius 2 is 2.00 bits per heavy atom. The van der Waals surface area contributed by atoms with E-state index in [2.05, 4.69) is 5.32 Å². The van der Waals surface area contributed by atoms with Gasteiger partial charge in [-0.25, -0.2) is 4.39 Å². The Balaban J connectivity index is 2.23. The molecule has 0 aliphatic rings. The molecule has 0 unspecified atom stereocenters. The Bertz CT molecular complexity index is 643. The minimum atomic E-state index is -0.798. The van der Waals surface area contributed by atoms with Crippen molar-refractivity contribution in [3.63, 3.8) is 0 Å². The predicted octanol–water partition coefficient (Wildman–Crippen LogP) is 3.75. The maximum absolute atomic E-state index is 13.1. The van der Waals surface area contributed by atoms with Gasteiger partial charge < -0.3 is 10.4 Å². The average molecular weight is 280 g/mol. The van der Waals surface area contributed by atoms with Gasteiger partial charge in [0.05, 0.1) is 10.6 Å². The van der Waals surface area contributed by atoms with E-state index in [1.807, 2.05) is 6.92 Å². The molecule has 3 nitrogen and oxygen atoms in total. The summed E-state index contributed by atoms with van der Waals surface area (Å²) in [6, 6.07) is 8.64. The standard InChI is InChI=1S/C14H11ClFNO2/c1-8-2-4-10(11(15)6-8)14(19)17-9-3-5-13(18)12(16)7-9/h2-7,18H,1H3,(H,17,19). The maximum Gasteiger partial charge on any atom is 0.257 e. The number of halogens is 2. The number of anilines is 1. The molecular formula is C14H11ClFNO2. The third-order valence-corrected chi connectivity index (χ3v) is 2.89. The summed E-state index contributed by atoms with van der Waals surface area (Å²) in [6.45, 7) is 1.86. The van der Waals surface area contributed by atoms with Crippen molar-refractivity contribution in [2.24, 2.45) is 0 Å². The lowest BCUT2D eigenvalue weighted by Gasteiger charge is -2.08. The minimum Gasteiger partial charge on any atom is -0.505 e. The van der Waals surface area contributed by atoms with Crippen LogP contribution in [0.5, 0.6) is 5.75 Å². The molecule has 0 bridgehead atoms. The zero-order chi connectivity index (χ0) is 14.0. The van der Waals surface area contributed by atoms with E-state index in [4.69, 9.17) is 16.7 Å². The third-order valence-electron chi connectivity index (χ3n) is 2.57. The normalized spacial score (nSPS) is 10.3. The van der Waals surface area contributed by atoms with Crippen LogP contribution in [-0.4, -0.2) is 11.0 Å². The SMILES string of the molecule is Cc1ccc(C(=O)Nc2ccc(O)c(F)c2)c(Cl)c1. The van der Waals surface area contributed by atoms with Gasteiger partial charge in [-0.3, -0.25) is 4.79 Å². The van der Waals surface area contributed by atoms with Crippen LogP contribution in [0, 0.1) is 12.7 Å². The van der Waals surface area contributed by atoms with Gasteiger partial charge in [-0.05, 0) is 36.8 Å². The lowest BCUT2D eigenvalue weighted by Crippen LogP contribution is -2.12. The first-order valence-corrected chi connectivity index (χ1v) is 5.91. The number of rotatable bonds is 2. The molecule has 0 saturated heterocycles. The number of nitrogens with one attached hydrogen (secondary N) is 1. The molecule has 2 N–H and O–H groups in total. The fourth-order valence-electron chi connectivity index (χ4n) is 1.59. The van der Waals surface area contributed by atoms with E-state index in [1.165, 1.54) is 12.1 Å². The Hall–Kier alpha value is -2.07. The number of phenolic OH excluding ortho intramolecular Hbond substituents is 1. The zero-order valence-electron chi connectivity index (χ0n) is 10.1. The summed E-state index contributed by atoms with van der Waals surface area (Å²) in [5, 5.41) is 11.9. The lowest BCUT2D eigenvalue weighted by molar-refractivity contribution is 0.102. The Morgan fingerprint density at radius 1 is 1.26 bits per heavy atom. The quantitative estimate of drug-likeness (QED) is 0.823. The second-order valence-corrected chi connectivity index (χ2v) is 4.51. The van der Waals surface area contributed by atoms with Crippen LogP contribution in [0.1, 0.15) is 15.9 Å². The van der Waals surface area contributed by atoms with Gasteiger partial charge in [0.25, 0.3) is 5.91 Å². The number of carbonyl (C=O) groups is 1. The summed E-state index contributed by atoms with van der Waals surface area (Å²) >= 11 is 5.97. The predicted molar refractivity (Wildman–Crippen MR) is 72.2 cm³/mol. The van der Waals surface area contributed by atoms with Crippen molar-refractivity contribution in [3.05, 3.63) is 58.4 Å². The number of aromatic hydroxyl groups is 1. The maximum atomic E-state index is 13.1. The first kappa shape index (κ1) is 13.4.